The molecule has 5 heteroatoms. The molecule has 0 radical (unpaired) electrons. The van der Waals surface area contributed by atoms with Crippen LogP contribution in [0.4, 0.5) is 5.82 Å². The summed E-state index contributed by atoms with van der Waals surface area (Å²) in [5.74, 6) is 0.273. The topological polar surface area (TPSA) is 68.5 Å². The second kappa shape index (κ2) is 5.33. The van der Waals surface area contributed by atoms with Crippen LogP contribution >= 0.6 is 0 Å². The predicted octanol–water partition coefficient (Wildman–Crippen LogP) is 2.07. The van der Waals surface area contributed by atoms with Gasteiger partial charge in [0.2, 0.25) is 0 Å². The van der Waals surface area contributed by atoms with Gasteiger partial charge in [0.15, 0.2) is 0 Å². The van der Waals surface area contributed by atoms with Crippen molar-refractivity contribution < 1.29 is 9.53 Å². The van der Waals surface area contributed by atoms with E-state index >= 15 is 0 Å². The van der Waals surface area contributed by atoms with Gasteiger partial charge in [-0.3, -0.25) is 4.79 Å². The van der Waals surface area contributed by atoms with E-state index in [1.165, 1.54) is 0 Å². The first kappa shape index (κ1) is 13.8. The summed E-state index contributed by atoms with van der Waals surface area (Å²) in [6.07, 6.45) is 0.906. The number of ether oxygens (including phenoxy) is 1. The van der Waals surface area contributed by atoms with Gasteiger partial charge in [0.05, 0.1) is 12.1 Å². The van der Waals surface area contributed by atoms with Crippen molar-refractivity contribution in [1.29, 1.82) is 0 Å². The molecule has 1 fully saturated rings. The number of hydrogen-bond donors (Lipinski definition) is 1. The highest BCUT2D eigenvalue weighted by Gasteiger charge is 2.31. The fourth-order valence-electron chi connectivity index (χ4n) is 2.90. The van der Waals surface area contributed by atoms with Crippen LogP contribution in [0, 0.1) is 0 Å². The number of benzene rings is 1. The van der Waals surface area contributed by atoms with E-state index in [2.05, 4.69) is 4.98 Å². The Labute approximate surface area is 123 Å². The second-order valence-electron chi connectivity index (χ2n) is 5.46. The molecular formula is C16H19N3O2. The van der Waals surface area contributed by atoms with Gasteiger partial charge in [-0.2, -0.15) is 0 Å². The number of fused-ring (bicyclic) bond motifs is 1. The Balaban J connectivity index is 1.94. The van der Waals surface area contributed by atoms with E-state index in [4.69, 9.17) is 10.5 Å². The Kier molecular flexibility index (Phi) is 3.51. The minimum atomic E-state index is -0.116. The highest BCUT2D eigenvalue weighted by atomic mass is 16.5. The summed E-state index contributed by atoms with van der Waals surface area (Å²) in [5, 5.41) is 1.80. The van der Waals surface area contributed by atoms with Gasteiger partial charge in [-0.15, -0.1) is 0 Å². The van der Waals surface area contributed by atoms with Crippen molar-refractivity contribution in [3.8, 4) is 0 Å². The Bertz CT molecular complexity index is 686. The summed E-state index contributed by atoms with van der Waals surface area (Å²) in [5.41, 5.74) is 6.35. The average Bonchev–Trinajstić information content (AvgIpc) is 2.92. The van der Waals surface area contributed by atoms with Gasteiger partial charge < -0.3 is 15.4 Å². The van der Waals surface area contributed by atoms with Gasteiger partial charge in [-0.05, 0) is 24.8 Å². The smallest absolute Gasteiger partial charge is 0.272 e. The molecule has 1 aromatic heterocycles. The standard InChI is InChI=1S/C16H19N3O2/c1-10-14(7-8-21-10)19(2)16(20)13-9-11-5-3-4-6-12(11)15(17)18-13/h3-6,9-10,14H,7-8H2,1-2H3,(H2,17,18). The molecule has 2 aromatic rings. The number of carbonyl (C=O) groups excluding carboxylic acids is 1. The van der Waals surface area contributed by atoms with Gasteiger partial charge in [0.25, 0.3) is 5.91 Å². The van der Waals surface area contributed by atoms with Crippen LogP contribution in [0.1, 0.15) is 23.8 Å². The largest absolute Gasteiger partial charge is 0.383 e. The SMILES string of the molecule is CC1OCCC1N(C)C(=O)c1cc2ccccc2c(N)n1. The molecule has 0 bridgehead atoms. The lowest BCUT2D eigenvalue weighted by Crippen LogP contribution is -2.41. The second-order valence-corrected chi connectivity index (χ2v) is 5.46. The van der Waals surface area contributed by atoms with Gasteiger partial charge in [0, 0.05) is 19.0 Å². The Morgan fingerprint density at radius 3 is 2.90 bits per heavy atom. The van der Waals surface area contributed by atoms with E-state index in [0.29, 0.717) is 18.1 Å². The number of pyridine rings is 1. The number of aromatic nitrogens is 1. The molecule has 3 rings (SSSR count). The molecule has 0 aliphatic carbocycles. The molecule has 0 spiro atoms. The van der Waals surface area contributed by atoms with Gasteiger partial charge in [-0.25, -0.2) is 4.98 Å². The molecule has 2 unspecified atom stereocenters. The number of rotatable bonds is 2. The highest BCUT2D eigenvalue weighted by molar-refractivity contribution is 5.99. The van der Waals surface area contributed by atoms with Gasteiger partial charge >= 0.3 is 0 Å². The van der Waals surface area contributed by atoms with Crippen LogP contribution < -0.4 is 5.73 Å². The van der Waals surface area contributed by atoms with E-state index in [0.717, 1.165) is 17.2 Å². The molecule has 2 atom stereocenters. The highest BCUT2D eigenvalue weighted by Crippen LogP contribution is 2.23. The van der Waals surface area contributed by atoms with E-state index in [1.54, 1.807) is 18.0 Å². The zero-order valence-electron chi connectivity index (χ0n) is 12.2. The Hall–Kier alpha value is -2.14. The van der Waals surface area contributed by atoms with E-state index < -0.39 is 0 Å². The van der Waals surface area contributed by atoms with E-state index in [1.807, 2.05) is 31.2 Å². The average molecular weight is 285 g/mol. The fourth-order valence-corrected chi connectivity index (χ4v) is 2.90. The minimum absolute atomic E-state index is 0.0525. The molecule has 1 amide bonds. The number of amides is 1. The third-order valence-electron chi connectivity index (χ3n) is 4.14. The van der Waals surface area contributed by atoms with E-state index in [-0.39, 0.29) is 18.1 Å². The molecule has 110 valence electrons. The number of nitrogens with two attached hydrogens (primary N) is 1. The maximum atomic E-state index is 12.6. The van der Waals surface area contributed by atoms with Crippen molar-refractivity contribution in [2.24, 2.45) is 0 Å². The Morgan fingerprint density at radius 1 is 1.43 bits per heavy atom. The number of carbonyl (C=O) groups is 1. The number of anilines is 1. The maximum Gasteiger partial charge on any atom is 0.272 e. The Morgan fingerprint density at radius 2 is 2.19 bits per heavy atom. The summed E-state index contributed by atoms with van der Waals surface area (Å²) >= 11 is 0. The predicted molar refractivity (Wildman–Crippen MR) is 82.1 cm³/mol. The molecule has 5 nitrogen and oxygen atoms in total. The quantitative estimate of drug-likeness (QED) is 0.917. The first-order chi connectivity index (χ1) is 10.1. The fraction of sp³-hybridized carbons (Fsp3) is 0.375. The van der Waals surface area contributed by atoms with Crippen LogP contribution in [0.25, 0.3) is 10.8 Å². The van der Waals surface area contributed by atoms with Gasteiger partial charge in [-0.1, -0.05) is 24.3 Å². The van der Waals surface area contributed by atoms with Crippen LogP contribution in [0.2, 0.25) is 0 Å². The van der Waals surface area contributed by atoms with Crippen LogP contribution in [0.15, 0.2) is 30.3 Å². The van der Waals surface area contributed by atoms with Crippen LogP contribution in [0.5, 0.6) is 0 Å². The molecule has 1 saturated heterocycles. The third-order valence-corrected chi connectivity index (χ3v) is 4.14. The molecule has 1 aliphatic rings. The summed E-state index contributed by atoms with van der Waals surface area (Å²) in [4.78, 5) is 18.6. The first-order valence-electron chi connectivity index (χ1n) is 7.12. The number of hydrogen-bond acceptors (Lipinski definition) is 4. The van der Waals surface area contributed by atoms with Crippen LogP contribution in [0.3, 0.4) is 0 Å². The lowest BCUT2D eigenvalue weighted by Gasteiger charge is -2.26. The maximum absolute atomic E-state index is 12.6. The summed E-state index contributed by atoms with van der Waals surface area (Å²) in [6, 6.07) is 9.56. The molecule has 21 heavy (non-hydrogen) atoms. The normalized spacial score (nSPS) is 21.6. The van der Waals surface area contributed by atoms with Crippen molar-refractivity contribution in [3.63, 3.8) is 0 Å². The lowest BCUT2D eigenvalue weighted by atomic mass is 10.1. The zero-order valence-corrected chi connectivity index (χ0v) is 12.2. The van der Waals surface area contributed by atoms with E-state index in [9.17, 15) is 4.79 Å². The van der Waals surface area contributed by atoms with Crippen molar-refractivity contribution in [2.75, 3.05) is 19.4 Å². The molecular weight excluding hydrogens is 266 g/mol. The first-order valence-corrected chi connectivity index (χ1v) is 7.12. The van der Waals surface area contributed by atoms with Crippen molar-refractivity contribution in [2.45, 2.75) is 25.5 Å². The molecule has 1 aromatic carbocycles. The van der Waals surface area contributed by atoms with Gasteiger partial charge in [0.1, 0.15) is 11.5 Å². The van der Waals surface area contributed by atoms with Crippen LogP contribution in [-0.4, -0.2) is 41.6 Å². The van der Waals surface area contributed by atoms with Crippen molar-refractivity contribution >= 4 is 22.5 Å². The summed E-state index contributed by atoms with van der Waals surface area (Å²) < 4.78 is 5.53. The summed E-state index contributed by atoms with van der Waals surface area (Å²) in [7, 11) is 1.80. The monoisotopic (exact) mass is 285 g/mol. The number of likely N-dealkylation sites (N-methyl/N-ethyl adjacent to an activating group) is 1. The van der Waals surface area contributed by atoms with Crippen LogP contribution in [-0.2, 0) is 4.74 Å². The molecule has 2 N–H and O–H groups in total. The third kappa shape index (κ3) is 2.45. The minimum Gasteiger partial charge on any atom is -0.383 e. The molecule has 2 heterocycles. The molecule has 0 saturated carbocycles. The molecule has 1 aliphatic heterocycles. The number of nitrogens with zero attached hydrogens (tertiary/aromatic N) is 2. The number of nitrogen functional groups attached to an aromatic ring is 1. The van der Waals surface area contributed by atoms with Crippen molar-refractivity contribution in [1.82, 2.24) is 9.88 Å². The zero-order chi connectivity index (χ0) is 15.0. The van der Waals surface area contributed by atoms with Crippen molar-refractivity contribution in [3.05, 3.63) is 36.0 Å². The lowest BCUT2D eigenvalue weighted by molar-refractivity contribution is 0.0570. The summed E-state index contributed by atoms with van der Waals surface area (Å²) in [6.45, 7) is 2.68.